The SMILES string of the molecule is Cc1c(Nc2nc3c(s2)CCCC3=O)ccc(Cl)c1CN1CCN(C(=O)C2CCCC2)CC1. The largest absolute Gasteiger partial charge is 0.340 e. The quantitative estimate of drug-likeness (QED) is 0.629. The molecule has 0 bridgehead atoms. The first kappa shape index (κ1) is 22.8. The van der Waals surface area contributed by atoms with Gasteiger partial charge in [-0.1, -0.05) is 24.4 Å². The number of carbonyl (C=O) groups excluding carboxylic acids is 2. The summed E-state index contributed by atoms with van der Waals surface area (Å²) < 4.78 is 0. The number of hydrogen-bond acceptors (Lipinski definition) is 6. The summed E-state index contributed by atoms with van der Waals surface area (Å²) in [4.78, 5) is 35.0. The van der Waals surface area contributed by atoms with Crippen LogP contribution in [0.5, 0.6) is 0 Å². The fraction of sp³-hybridized carbons (Fsp3) is 0.560. The summed E-state index contributed by atoms with van der Waals surface area (Å²) in [6.45, 7) is 6.17. The maximum atomic E-state index is 12.7. The van der Waals surface area contributed by atoms with Gasteiger partial charge in [0.2, 0.25) is 5.91 Å². The van der Waals surface area contributed by atoms with E-state index in [2.05, 4.69) is 27.0 Å². The van der Waals surface area contributed by atoms with E-state index in [0.29, 0.717) is 18.0 Å². The Hall–Kier alpha value is -1.96. The number of nitrogens with one attached hydrogen (secondary N) is 1. The number of anilines is 2. The van der Waals surface area contributed by atoms with E-state index in [1.165, 1.54) is 12.8 Å². The highest BCUT2D eigenvalue weighted by Crippen LogP contribution is 2.34. The Balaban J connectivity index is 1.25. The molecule has 3 aliphatic rings. The molecular formula is C25H31ClN4O2S. The summed E-state index contributed by atoms with van der Waals surface area (Å²) in [6.07, 6.45) is 6.95. The van der Waals surface area contributed by atoms with Crippen LogP contribution in [0.2, 0.25) is 5.02 Å². The lowest BCUT2D eigenvalue weighted by molar-refractivity contribution is -0.137. The molecule has 0 spiro atoms. The number of ketones is 1. The molecule has 2 heterocycles. The minimum Gasteiger partial charge on any atom is -0.340 e. The second kappa shape index (κ2) is 9.72. The molecule has 176 valence electrons. The van der Waals surface area contributed by atoms with Crippen molar-refractivity contribution >= 4 is 45.4 Å². The minimum atomic E-state index is 0.152. The molecule has 1 amide bonds. The third-order valence-electron chi connectivity index (χ3n) is 7.32. The van der Waals surface area contributed by atoms with Crippen LogP contribution < -0.4 is 5.32 Å². The molecule has 1 aromatic carbocycles. The first-order chi connectivity index (χ1) is 16.0. The number of rotatable bonds is 5. The predicted molar refractivity (Wildman–Crippen MR) is 133 cm³/mol. The van der Waals surface area contributed by atoms with E-state index in [-0.39, 0.29) is 11.7 Å². The van der Waals surface area contributed by atoms with Gasteiger partial charge < -0.3 is 10.2 Å². The molecular weight excluding hydrogens is 456 g/mol. The first-order valence-corrected chi connectivity index (χ1v) is 13.3. The third-order valence-corrected chi connectivity index (χ3v) is 8.71. The van der Waals surface area contributed by atoms with Crippen molar-refractivity contribution in [3.63, 3.8) is 0 Å². The van der Waals surface area contributed by atoms with E-state index in [9.17, 15) is 9.59 Å². The second-order valence-electron chi connectivity index (χ2n) is 9.47. The molecule has 6 nitrogen and oxygen atoms in total. The number of thiazole rings is 1. The molecule has 1 saturated heterocycles. The number of piperazine rings is 1. The fourth-order valence-corrected chi connectivity index (χ4v) is 6.57. The van der Waals surface area contributed by atoms with Gasteiger partial charge >= 0.3 is 0 Å². The van der Waals surface area contributed by atoms with Crippen molar-refractivity contribution in [2.45, 2.75) is 58.4 Å². The molecule has 5 rings (SSSR count). The van der Waals surface area contributed by atoms with Crippen molar-refractivity contribution in [1.82, 2.24) is 14.8 Å². The number of Topliss-reactive ketones (excluding diaryl/α,β-unsaturated/α-hetero) is 1. The fourth-order valence-electron chi connectivity index (χ4n) is 5.27. The van der Waals surface area contributed by atoms with Gasteiger partial charge in [-0.05, 0) is 55.9 Å². The van der Waals surface area contributed by atoms with Crippen molar-refractivity contribution in [2.24, 2.45) is 5.92 Å². The highest BCUT2D eigenvalue weighted by Gasteiger charge is 2.30. The average molecular weight is 487 g/mol. The Morgan fingerprint density at radius 3 is 2.64 bits per heavy atom. The van der Waals surface area contributed by atoms with Gasteiger partial charge in [-0.3, -0.25) is 14.5 Å². The topological polar surface area (TPSA) is 65.5 Å². The van der Waals surface area contributed by atoms with Crippen LogP contribution >= 0.6 is 22.9 Å². The number of aromatic nitrogens is 1. The second-order valence-corrected chi connectivity index (χ2v) is 11.0. The van der Waals surface area contributed by atoms with Crippen molar-refractivity contribution in [1.29, 1.82) is 0 Å². The van der Waals surface area contributed by atoms with E-state index in [1.54, 1.807) is 11.3 Å². The highest BCUT2D eigenvalue weighted by atomic mass is 35.5. The number of nitrogens with zero attached hydrogens (tertiary/aromatic N) is 3. The van der Waals surface area contributed by atoms with Crippen LogP contribution in [0.4, 0.5) is 10.8 Å². The Morgan fingerprint density at radius 2 is 1.91 bits per heavy atom. The molecule has 2 aromatic rings. The molecule has 33 heavy (non-hydrogen) atoms. The number of halogens is 1. The molecule has 2 fully saturated rings. The lowest BCUT2D eigenvalue weighted by atomic mass is 10.0. The van der Waals surface area contributed by atoms with E-state index in [4.69, 9.17) is 11.6 Å². The van der Waals surface area contributed by atoms with Gasteiger partial charge in [-0.25, -0.2) is 4.98 Å². The van der Waals surface area contributed by atoms with Gasteiger partial charge in [0.1, 0.15) is 5.69 Å². The smallest absolute Gasteiger partial charge is 0.225 e. The molecule has 2 aliphatic carbocycles. The number of aryl methyl sites for hydroxylation is 1. The lowest BCUT2D eigenvalue weighted by Crippen LogP contribution is -2.49. The van der Waals surface area contributed by atoms with Crippen LogP contribution in [0.3, 0.4) is 0 Å². The van der Waals surface area contributed by atoms with Gasteiger partial charge in [0.15, 0.2) is 10.9 Å². The maximum absolute atomic E-state index is 12.7. The van der Waals surface area contributed by atoms with E-state index in [1.807, 2.05) is 12.1 Å². The Kier molecular flexibility index (Phi) is 6.72. The van der Waals surface area contributed by atoms with Crippen molar-refractivity contribution < 1.29 is 9.59 Å². The van der Waals surface area contributed by atoms with Crippen LogP contribution in [-0.2, 0) is 17.8 Å². The first-order valence-electron chi connectivity index (χ1n) is 12.1. The molecule has 1 saturated carbocycles. The van der Waals surface area contributed by atoms with Gasteiger partial charge in [-0.15, -0.1) is 11.3 Å². The summed E-state index contributed by atoms with van der Waals surface area (Å²) in [7, 11) is 0. The maximum Gasteiger partial charge on any atom is 0.225 e. The molecule has 0 atom stereocenters. The molecule has 1 N–H and O–H groups in total. The van der Waals surface area contributed by atoms with Crippen LogP contribution in [0.1, 0.15) is 65.0 Å². The number of amides is 1. The summed E-state index contributed by atoms with van der Waals surface area (Å²) >= 11 is 8.19. The van der Waals surface area contributed by atoms with Crippen LogP contribution in [0.25, 0.3) is 0 Å². The van der Waals surface area contributed by atoms with Gasteiger partial charge in [0.05, 0.1) is 0 Å². The highest BCUT2D eigenvalue weighted by molar-refractivity contribution is 7.16. The van der Waals surface area contributed by atoms with Gasteiger partial charge in [0.25, 0.3) is 0 Å². The average Bonchev–Trinajstić information content (AvgIpc) is 3.49. The third kappa shape index (κ3) is 4.81. The molecule has 8 heteroatoms. The van der Waals surface area contributed by atoms with Crippen LogP contribution in [-0.4, -0.2) is 52.7 Å². The van der Waals surface area contributed by atoms with Crippen LogP contribution in [0, 0.1) is 12.8 Å². The Bertz CT molecular complexity index is 1050. The summed E-state index contributed by atoms with van der Waals surface area (Å²) in [5.74, 6) is 0.764. The zero-order chi connectivity index (χ0) is 22.9. The number of benzene rings is 1. The lowest BCUT2D eigenvalue weighted by Gasteiger charge is -2.36. The minimum absolute atomic E-state index is 0.152. The summed E-state index contributed by atoms with van der Waals surface area (Å²) in [6, 6.07) is 3.92. The molecule has 1 aliphatic heterocycles. The number of fused-ring (bicyclic) bond motifs is 1. The Labute approximate surface area is 204 Å². The predicted octanol–water partition coefficient (Wildman–Crippen LogP) is 5.20. The zero-order valence-electron chi connectivity index (χ0n) is 19.2. The van der Waals surface area contributed by atoms with Crippen LogP contribution in [0.15, 0.2) is 12.1 Å². The standard InChI is InChI=1S/C25H31ClN4O2S/c1-16-18(15-29-11-13-30(14-12-29)24(32)17-5-2-3-6-17)19(26)9-10-20(16)27-25-28-23-21(31)7-4-8-22(23)33-25/h9-10,17H,2-8,11-15H2,1H3,(H,27,28). The molecule has 0 radical (unpaired) electrons. The van der Waals surface area contributed by atoms with E-state index < -0.39 is 0 Å². The summed E-state index contributed by atoms with van der Waals surface area (Å²) in [5, 5.41) is 4.96. The van der Waals surface area contributed by atoms with Gasteiger partial charge in [0, 0.05) is 60.6 Å². The van der Waals surface area contributed by atoms with E-state index in [0.717, 1.165) is 90.3 Å². The number of carbonyl (C=O) groups is 2. The molecule has 0 unspecified atom stereocenters. The van der Waals surface area contributed by atoms with Crippen molar-refractivity contribution in [3.8, 4) is 0 Å². The van der Waals surface area contributed by atoms with Crippen molar-refractivity contribution in [2.75, 3.05) is 31.5 Å². The van der Waals surface area contributed by atoms with Crippen molar-refractivity contribution in [3.05, 3.63) is 38.9 Å². The number of hydrogen-bond donors (Lipinski definition) is 1. The normalized spacial score (nSPS) is 19.7. The summed E-state index contributed by atoms with van der Waals surface area (Å²) in [5.41, 5.74) is 3.83. The Morgan fingerprint density at radius 1 is 1.15 bits per heavy atom. The monoisotopic (exact) mass is 486 g/mol. The van der Waals surface area contributed by atoms with Gasteiger partial charge in [-0.2, -0.15) is 0 Å². The van der Waals surface area contributed by atoms with E-state index >= 15 is 0 Å². The zero-order valence-corrected chi connectivity index (χ0v) is 20.7. The molecule has 1 aromatic heterocycles.